The van der Waals surface area contributed by atoms with Gasteiger partial charge in [-0.25, -0.2) is 4.68 Å². The number of benzene rings is 1. The third-order valence-corrected chi connectivity index (χ3v) is 6.02. The molecule has 6 heteroatoms. The minimum absolute atomic E-state index is 0.268. The number of nitrogens with one attached hydrogen (secondary N) is 1. The van der Waals surface area contributed by atoms with Gasteiger partial charge in [-0.2, -0.15) is 5.10 Å². The molecule has 0 aliphatic carbocycles. The highest BCUT2D eigenvalue weighted by molar-refractivity contribution is 5.39. The largest absolute Gasteiger partial charge is 0.497 e. The van der Waals surface area contributed by atoms with E-state index in [2.05, 4.69) is 46.3 Å². The maximum absolute atomic E-state index is 5.26. The number of likely N-dealkylation sites (tertiary alicyclic amines) is 1. The first-order valence-corrected chi connectivity index (χ1v) is 10.7. The number of ether oxygens (including phenoxy) is 1. The summed E-state index contributed by atoms with van der Waals surface area (Å²) in [5.74, 6) is 0.855. The Hall–Kier alpha value is -2.70. The van der Waals surface area contributed by atoms with Gasteiger partial charge in [-0.15, -0.1) is 0 Å². The van der Waals surface area contributed by atoms with Crippen molar-refractivity contribution >= 4 is 0 Å². The second-order valence-corrected chi connectivity index (χ2v) is 8.06. The van der Waals surface area contributed by atoms with Crippen LogP contribution in [0.5, 0.6) is 5.75 Å². The highest BCUT2D eigenvalue weighted by Crippen LogP contribution is 2.23. The fraction of sp³-hybridized carbons (Fsp3) is 0.417. The molecule has 158 valence electrons. The molecule has 1 aliphatic rings. The zero-order valence-electron chi connectivity index (χ0n) is 18.1. The van der Waals surface area contributed by atoms with Crippen molar-refractivity contribution in [1.29, 1.82) is 0 Å². The molecule has 4 rings (SSSR count). The predicted octanol–water partition coefficient (Wildman–Crippen LogP) is 3.90. The van der Waals surface area contributed by atoms with Crippen molar-refractivity contribution in [3.63, 3.8) is 0 Å². The normalized spacial score (nSPS) is 16.5. The molecule has 1 N–H and O–H groups in total. The van der Waals surface area contributed by atoms with Crippen molar-refractivity contribution < 1.29 is 4.74 Å². The number of hydrogen-bond acceptors (Lipinski definition) is 5. The molecular weight excluding hydrogens is 374 g/mol. The fourth-order valence-corrected chi connectivity index (χ4v) is 4.25. The molecule has 1 aliphatic heterocycles. The first-order chi connectivity index (χ1) is 14.6. The second kappa shape index (κ2) is 9.41. The summed E-state index contributed by atoms with van der Waals surface area (Å²) in [4.78, 5) is 6.95. The van der Waals surface area contributed by atoms with E-state index >= 15 is 0 Å². The van der Waals surface area contributed by atoms with Gasteiger partial charge in [0.25, 0.3) is 0 Å². The molecule has 0 saturated carbocycles. The number of nitrogens with zero attached hydrogens (tertiary/aromatic N) is 4. The summed E-state index contributed by atoms with van der Waals surface area (Å²) < 4.78 is 7.26. The van der Waals surface area contributed by atoms with Gasteiger partial charge in [0.1, 0.15) is 5.75 Å². The molecule has 3 heterocycles. The van der Waals surface area contributed by atoms with Crippen LogP contribution in [0.15, 0.2) is 54.9 Å². The van der Waals surface area contributed by atoms with Crippen LogP contribution in [0.25, 0.3) is 5.69 Å². The summed E-state index contributed by atoms with van der Waals surface area (Å²) in [5.41, 5.74) is 4.63. The first kappa shape index (κ1) is 20.6. The lowest BCUT2D eigenvalue weighted by Crippen LogP contribution is -2.43. The molecule has 0 amide bonds. The summed E-state index contributed by atoms with van der Waals surface area (Å²) in [6.07, 6.45) is 6.18. The Balaban J connectivity index is 1.33. The number of pyridine rings is 1. The Labute approximate surface area is 178 Å². The van der Waals surface area contributed by atoms with E-state index in [9.17, 15) is 0 Å². The van der Waals surface area contributed by atoms with Crippen LogP contribution in [0, 0.1) is 6.92 Å². The van der Waals surface area contributed by atoms with E-state index in [1.807, 2.05) is 47.4 Å². The van der Waals surface area contributed by atoms with Gasteiger partial charge in [-0.3, -0.25) is 9.88 Å². The molecule has 0 radical (unpaired) electrons. The standard InChI is InChI=1S/C24H31N5O/c1-18(24-16-26-29(19(24)2)22-7-9-23(30-3)10-8-22)27-20-11-14-28(15-12-20)17-21-6-4-5-13-25-21/h4-10,13,16,18,20,27H,11-12,14-15,17H2,1-3H3/t18-/m1/s1. The van der Waals surface area contributed by atoms with E-state index in [-0.39, 0.29) is 6.04 Å². The molecule has 1 fully saturated rings. The summed E-state index contributed by atoms with van der Waals surface area (Å²) in [6.45, 7) is 7.52. The minimum Gasteiger partial charge on any atom is -0.497 e. The zero-order valence-corrected chi connectivity index (χ0v) is 18.1. The zero-order chi connectivity index (χ0) is 20.9. The van der Waals surface area contributed by atoms with Crippen molar-refractivity contribution in [1.82, 2.24) is 25.0 Å². The average Bonchev–Trinajstić information content (AvgIpc) is 3.17. The van der Waals surface area contributed by atoms with Gasteiger partial charge in [0, 0.05) is 49.2 Å². The number of methoxy groups -OCH3 is 1. The predicted molar refractivity (Wildman–Crippen MR) is 119 cm³/mol. The second-order valence-electron chi connectivity index (χ2n) is 8.06. The van der Waals surface area contributed by atoms with Gasteiger partial charge in [0.15, 0.2) is 0 Å². The molecule has 2 aromatic heterocycles. The number of rotatable bonds is 7. The molecule has 0 bridgehead atoms. The first-order valence-electron chi connectivity index (χ1n) is 10.7. The van der Waals surface area contributed by atoms with E-state index in [0.29, 0.717) is 6.04 Å². The Morgan fingerprint density at radius 3 is 2.57 bits per heavy atom. The maximum Gasteiger partial charge on any atom is 0.119 e. The lowest BCUT2D eigenvalue weighted by Gasteiger charge is -2.33. The number of hydrogen-bond donors (Lipinski definition) is 1. The third kappa shape index (κ3) is 4.71. The van der Waals surface area contributed by atoms with Gasteiger partial charge < -0.3 is 10.1 Å². The van der Waals surface area contributed by atoms with E-state index in [4.69, 9.17) is 4.74 Å². The van der Waals surface area contributed by atoms with Gasteiger partial charge in [0.2, 0.25) is 0 Å². The van der Waals surface area contributed by atoms with E-state index in [0.717, 1.165) is 49.6 Å². The Morgan fingerprint density at radius 2 is 1.90 bits per heavy atom. The molecule has 30 heavy (non-hydrogen) atoms. The van der Waals surface area contributed by atoms with Gasteiger partial charge in [-0.1, -0.05) is 6.07 Å². The Morgan fingerprint density at radius 1 is 1.13 bits per heavy atom. The minimum atomic E-state index is 0.268. The van der Waals surface area contributed by atoms with Crippen molar-refractivity contribution in [2.24, 2.45) is 0 Å². The highest BCUT2D eigenvalue weighted by Gasteiger charge is 2.23. The summed E-state index contributed by atoms with van der Waals surface area (Å²) in [5, 5.41) is 8.46. The number of piperidine rings is 1. The molecule has 0 spiro atoms. The van der Waals surface area contributed by atoms with Gasteiger partial charge in [0.05, 0.1) is 24.7 Å². The summed E-state index contributed by atoms with van der Waals surface area (Å²) in [6, 6.07) is 15.0. The average molecular weight is 406 g/mol. The lowest BCUT2D eigenvalue weighted by molar-refractivity contribution is 0.183. The van der Waals surface area contributed by atoms with Crippen molar-refractivity contribution in [3.8, 4) is 11.4 Å². The molecule has 1 aromatic carbocycles. The topological polar surface area (TPSA) is 55.2 Å². The van der Waals surface area contributed by atoms with Crippen LogP contribution in [-0.4, -0.2) is 45.9 Å². The highest BCUT2D eigenvalue weighted by atomic mass is 16.5. The third-order valence-electron chi connectivity index (χ3n) is 6.02. The smallest absolute Gasteiger partial charge is 0.119 e. The van der Waals surface area contributed by atoms with Crippen molar-refractivity contribution in [2.45, 2.75) is 45.3 Å². The molecule has 1 atom stereocenters. The molecule has 3 aromatic rings. The van der Waals surface area contributed by atoms with E-state index in [1.165, 1.54) is 11.3 Å². The molecular formula is C24H31N5O. The van der Waals surface area contributed by atoms with E-state index in [1.54, 1.807) is 7.11 Å². The van der Waals surface area contributed by atoms with Crippen LogP contribution in [0.2, 0.25) is 0 Å². The quantitative estimate of drug-likeness (QED) is 0.646. The lowest BCUT2D eigenvalue weighted by atomic mass is 10.0. The van der Waals surface area contributed by atoms with Crippen LogP contribution in [-0.2, 0) is 6.54 Å². The van der Waals surface area contributed by atoms with E-state index < -0.39 is 0 Å². The molecule has 6 nitrogen and oxygen atoms in total. The maximum atomic E-state index is 5.26. The fourth-order valence-electron chi connectivity index (χ4n) is 4.25. The number of aromatic nitrogens is 3. The van der Waals surface area contributed by atoms with Crippen LogP contribution in [0.1, 0.15) is 42.8 Å². The van der Waals surface area contributed by atoms with Crippen LogP contribution >= 0.6 is 0 Å². The molecule has 0 unspecified atom stereocenters. The van der Waals surface area contributed by atoms with Gasteiger partial charge in [-0.05, 0) is 63.1 Å². The molecule has 1 saturated heterocycles. The van der Waals surface area contributed by atoms with Crippen LogP contribution < -0.4 is 10.1 Å². The monoisotopic (exact) mass is 405 g/mol. The van der Waals surface area contributed by atoms with Crippen LogP contribution in [0.4, 0.5) is 0 Å². The van der Waals surface area contributed by atoms with Crippen LogP contribution in [0.3, 0.4) is 0 Å². The SMILES string of the molecule is COc1ccc(-n2ncc([C@@H](C)NC3CCN(Cc4ccccn4)CC3)c2C)cc1. The van der Waals surface area contributed by atoms with Crippen molar-refractivity contribution in [3.05, 3.63) is 71.8 Å². The Bertz CT molecular complexity index is 930. The van der Waals surface area contributed by atoms with Crippen molar-refractivity contribution in [2.75, 3.05) is 20.2 Å². The summed E-state index contributed by atoms with van der Waals surface area (Å²) >= 11 is 0. The van der Waals surface area contributed by atoms with Gasteiger partial charge >= 0.3 is 0 Å². The Kier molecular flexibility index (Phi) is 6.45. The summed E-state index contributed by atoms with van der Waals surface area (Å²) in [7, 11) is 1.68.